The highest BCUT2D eigenvalue weighted by atomic mass is 32.1. The summed E-state index contributed by atoms with van der Waals surface area (Å²) in [5, 5.41) is 10.4. The number of thiophene rings is 1. The minimum Gasteiger partial charge on any atom is -0.384 e. The first-order valence-corrected chi connectivity index (χ1v) is 6.49. The van der Waals surface area contributed by atoms with Crippen LogP contribution >= 0.6 is 11.3 Å². The van der Waals surface area contributed by atoms with Gasteiger partial charge in [-0.3, -0.25) is 0 Å². The van der Waals surface area contributed by atoms with Crippen LogP contribution in [0.15, 0.2) is 12.1 Å². The Kier molecular flexibility index (Phi) is 3.25. The van der Waals surface area contributed by atoms with Gasteiger partial charge in [-0.05, 0) is 44.7 Å². The second kappa shape index (κ2) is 4.28. The molecular weight excluding hydrogens is 249 g/mol. The molecule has 0 aromatic carbocycles. The number of alkyl halides is 3. The summed E-state index contributed by atoms with van der Waals surface area (Å²) < 4.78 is 38.1. The van der Waals surface area contributed by atoms with Gasteiger partial charge in [0.15, 0.2) is 0 Å². The maximum atomic E-state index is 12.7. The maximum absolute atomic E-state index is 12.7. The zero-order chi connectivity index (χ0) is 12.7. The molecular formula is C12H15F3OS. The average Bonchev–Trinajstić information content (AvgIpc) is 2.64. The van der Waals surface area contributed by atoms with Crippen molar-refractivity contribution in [1.82, 2.24) is 0 Å². The summed E-state index contributed by atoms with van der Waals surface area (Å²) in [6.45, 7) is 1.89. The topological polar surface area (TPSA) is 20.2 Å². The first-order chi connectivity index (χ1) is 7.81. The molecule has 17 heavy (non-hydrogen) atoms. The Labute approximate surface area is 102 Å². The van der Waals surface area contributed by atoms with Gasteiger partial charge in [-0.15, -0.1) is 11.3 Å². The van der Waals surface area contributed by atoms with Crippen LogP contribution in [0.4, 0.5) is 13.2 Å². The Morgan fingerprint density at radius 2 is 2.12 bits per heavy atom. The van der Waals surface area contributed by atoms with Gasteiger partial charge in [0.05, 0.1) is 11.5 Å². The Hall–Kier alpha value is -0.550. The molecule has 0 saturated heterocycles. The maximum Gasteiger partial charge on any atom is 0.391 e. The van der Waals surface area contributed by atoms with Crippen molar-refractivity contribution < 1.29 is 18.3 Å². The molecule has 5 heteroatoms. The van der Waals surface area contributed by atoms with Crippen LogP contribution in [0.5, 0.6) is 0 Å². The molecule has 1 aliphatic rings. The minimum absolute atomic E-state index is 0.135. The smallest absolute Gasteiger partial charge is 0.384 e. The largest absolute Gasteiger partial charge is 0.391 e. The normalized spacial score (nSPS) is 30.5. The number of aliphatic hydroxyl groups is 1. The molecule has 1 nitrogen and oxygen atoms in total. The molecule has 1 aromatic heterocycles. The predicted octanol–water partition coefficient (Wildman–Crippen LogP) is 4.00. The van der Waals surface area contributed by atoms with Crippen LogP contribution in [0.1, 0.15) is 35.4 Å². The fraction of sp³-hybridized carbons (Fsp3) is 0.667. The lowest BCUT2D eigenvalue weighted by atomic mass is 9.77. The molecule has 1 aliphatic carbocycles. The van der Waals surface area contributed by atoms with Crippen LogP contribution in [0, 0.1) is 12.8 Å². The molecule has 96 valence electrons. The van der Waals surface area contributed by atoms with Crippen molar-refractivity contribution in [1.29, 1.82) is 0 Å². The molecule has 1 saturated carbocycles. The van der Waals surface area contributed by atoms with E-state index in [0.29, 0.717) is 17.7 Å². The number of rotatable bonds is 1. The Bertz CT molecular complexity index is 399. The lowest BCUT2D eigenvalue weighted by molar-refractivity contribution is -0.201. The lowest BCUT2D eigenvalue weighted by Crippen LogP contribution is -2.37. The highest BCUT2D eigenvalue weighted by Gasteiger charge is 2.47. The second-order valence-electron chi connectivity index (χ2n) is 4.78. The van der Waals surface area contributed by atoms with E-state index in [2.05, 4.69) is 0 Å². The highest BCUT2D eigenvalue weighted by molar-refractivity contribution is 7.12. The van der Waals surface area contributed by atoms with Gasteiger partial charge in [-0.2, -0.15) is 13.2 Å². The third-order valence-electron chi connectivity index (χ3n) is 3.39. The van der Waals surface area contributed by atoms with Crippen molar-refractivity contribution in [2.45, 2.75) is 44.4 Å². The predicted molar refractivity (Wildman–Crippen MR) is 61.0 cm³/mol. The fourth-order valence-electron chi connectivity index (χ4n) is 2.44. The SMILES string of the molecule is Cc1ccc(C2(O)CCCC(C(F)(F)F)C2)s1. The summed E-state index contributed by atoms with van der Waals surface area (Å²) >= 11 is 1.39. The van der Waals surface area contributed by atoms with E-state index >= 15 is 0 Å². The van der Waals surface area contributed by atoms with E-state index in [1.807, 2.05) is 13.0 Å². The van der Waals surface area contributed by atoms with Gasteiger partial charge in [-0.1, -0.05) is 0 Å². The molecule has 0 spiro atoms. The summed E-state index contributed by atoms with van der Waals surface area (Å²) in [6.07, 6.45) is -3.40. The van der Waals surface area contributed by atoms with Crippen LogP contribution in [0.25, 0.3) is 0 Å². The molecule has 1 fully saturated rings. The number of halogens is 3. The molecule has 1 heterocycles. The molecule has 1 aromatic rings. The van der Waals surface area contributed by atoms with Gasteiger partial charge in [0, 0.05) is 9.75 Å². The molecule has 0 amide bonds. The van der Waals surface area contributed by atoms with Gasteiger partial charge in [-0.25, -0.2) is 0 Å². The quantitative estimate of drug-likeness (QED) is 0.813. The molecule has 1 N–H and O–H groups in total. The lowest BCUT2D eigenvalue weighted by Gasteiger charge is -2.37. The van der Waals surface area contributed by atoms with Crippen LogP contribution < -0.4 is 0 Å². The second-order valence-corrected chi connectivity index (χ2v) is 6.06. The van der Waals surface area contributed by atoms with Crippen LogP contribution in [0.3, 0.4) is 0 Å². The van der Waals surface area contributed by atoms with Crippen molar-refractivity contribution in [2.24, 2.45) is 5.92 Å². The summed E-state index contributed by atoms with van der Waals surface area (Å²) in [7, 11) is 0. The van der Waals surface area contributed by atoms with E-state index in [0.717, 1.165) is 4.88 Å². The van der Waals surface area contributed by atoms with Gasteiger partial charge in [0.1, 0.15) is 0 Å². The standard InChI is InChI=1S/C12H15F3OS/c1-8-4-5-10(17-8)11(16)6-2-3-9(7-11)12(13,14)15/h4-5,9,16H,2-3,6-7H2,1H3. The number of hydrogen-bond acceptors (Lipinski definition) is 2. The molecule has 0 radical (unpaired) electrons. The summed E-state index contributed by atoms with van der Waals surface area (Å²) in [4.78, 5) is 1.69. The van der Waals surface area contributed by atoms with E-state index in [4.69, 9.17) is 0 Å². The zero-order valence-electron chi connectivity index (χ0n) is 9.55. The van der Waals surface area contributed by atoms with Gasteiger partial charge < -0.3 is 5.11 Å². The first kappa shape index (κ1) is 12.9. The minimum atomic E-state index is -4.19. The van der Waals surface area contributed by atoms with Crippen LogP contribution in [-0.4, -0.2) is 11.3 Å². The third-order valence-corrected chi connectivity index (χ3v) is 4.58. The molecule has 2 atom stereocenters. The third kappa shape index (κ3) is 2.65. The zero-order valence-corrected chi connectivity index (χ0v) is 10.4. The highest BCUT2D eigenvalue weighted by Crippen LogP contribution is 2.47. The fourth-order valence-corrected chi connectivity index (χ4v) is 3.43. The summed E-state index contributed by atoms with van der Waals surface area (Å²) in [5.74, 6) is -1.37. The van der Waals surface area contributed by atoms with Crippen LogP contribution in [-0.2, 0) is 5.60 Å². The molecule has 2 rings (SSSR count). The van der Waals surface area contributed by atoms with Crippen LogP contribution in [0.2, 0.25) is 0 Å². The summed E-state index contributed by atoms with van der Waals surface area (Å²) in [5.41, 5.74) is -1.28. The van der Waals surface area contributed by atoms with Crippen molar-refractivity contribution in [3.05, 3.63) is 21.9 Å². The Balaban J connectivity index is 2.21. The van der Waals surface area contributed by atoms with Crippen molar-refractivity contribution in [3.8, 4) is 0 Å². The molecule has 0 bridgehead atoms. The number of aryl methyl sites for hydroxylation is 1. The van der Waals surface area contributed by atoms with Gasteiger partial charge in [0.25, 0.3) is 0 Å². The Morgan fingerprint density at radius 1 is 1.41 bits per heavy atom. The van der Waals surface area contributed by atoms with Crippen molar-refractivity contribution in [3.63, 3.8) is 0 Å². The van der Waals surface area contributed by atoms with Gasteiger partial charge in [0.2, 0.25) is 0 Å². The Morgan fingerprint density at radius 3 is 2.65 bits per heavy atom. The average molecular weight is 264 g/mol. The van der Waals surface area contributed by atoms with Crippen molar-refractivity contribution in [2.75, 3.05) is 0 Å². The van der Waals surface area contributed by atoms with Gasteiger partial charge >= 0.3 is 6.18 Å². The summed E-state index contributed by atoms with van der Waals surface area (Å²) in [6, 6.07) is 3.59. The first-order valence-electron chi connectivity index (χ1n) is 5.67. The van der Waals surface area contributed by atoms with E-state index in [1.165, 1.54) is 11.3 Å². The van der Waals surface area contributed by atoms with E-state index < -0.39 is 17.7 Å². The van der Waals surface area contributed by atoms with E-state index in [1.54, 1.807) is 6.07 Å². The monoisotopic (exact) mass is 264 g/mol. The molecule has 0 aliphatic heterocycles. The number of hydrogen-bond donors (Lipinski definition) is 1. The van der Waals surface area contributed by atoms with Crippen molar-refractivity contribution >= 4 is 11.3 Å². The molecule has 2 unspecified atom stereocenters. The van der Waals surface area contributed by atoms with E-state index in [-0.39, 0.29) is 12.8 Å². The van der Waals surface area contributed by atoms with E-state index in [9.17, 15) is 18.3 Å².